The van der Waals surface area contributed by atoms with E-state index in [4.69, 9.17) is 5.73 Å². The molecule has 3 rings (SSSR count). The van der Waals surface area contributed by atoms with E-state index in [0.29, 0.717) is 5.82 Å². The van der Waals surface area contributed by atoms with Crippen LogP contribution in [0.25, 0.3) is 11.3 Å². The van der Waals surface area contributed by atoms with Gasteiger partial charge in [-0.1, -0.05) is 0 Å². The van der Waals surface area contributed by atoms with Crippen LogP contribution in [-0.4, -0.2) is 25.9 Å². The largest absolute Gasteiger partial charge is 0.382 e. The minimum atomic E-state index is 0.541. The maximum Gasteiger partial charge on any atom is 0.148 e. The van der Waals surface area contributed by atoms with Crippen molar-refractivity contribution in [1.29, 1.82) is 0 Å². The summed E-state index contributed by atoms with van der Waals surface area (Å²) in [5.41, 5.74) is 7.79. The molecular weight excluding hydrogens is 304 g/mol. The molecule has 0 aliphatic heterocycles. The summed E-state index contributed by atoms with van der Waals surface area (Å²) < 4.78 is 4.23. The number of rotatable bonds is 6. The Kier molecular flexibility index (Phi) is 4.16. The van der Waals surface area contributed by atoms with Crippen LogP contribution in [0.5, 0.6) is 0 Å². The molecule has 0 amide bonds. The van der Waals surface area contributed by atoms with E-state index in [2.05, 4.69) is 24.6 Å². The summed E-state index contributed by atoms with van der Waals surface area (Å²) in [6.07, 6.45) is 5.52. The van der Waals surface area contributed by atoms with E-state index in [-0.39, 0.29) is 0 Å². The Morgan fingerprint density at radius 1 is 1.43 bits per heavy atom. The van der Waals surface area contributed by atoms with Gasteiger partial charge in [-0.05, 0) is 24.9 Å². The highest BCUT2D eigenvalue weighted by atomic mass is 32.1. The average molecular weight is 320 g/mol. The Hall–Kier alpha value is -1.93. The number of nitrogens with zero attached hydrogens (tertiary/aromatic N) is 3. The van der Waals surface area contributed by atoms with Gasteiger partial charge in [-0.3, -0.25) is 0 Å². The van der Waals surface area contributed by atoms with Crippen LogP contribution in [0.15, 0.2) is 17.8 Å². The van der Waals surface area contributed by atoms with Crippen molar-refractivity contribution >= 4 is 33.7 Å². The van der Waals surface area contributed by atoms with Gasteiger partial charge in [0.25, 0.3) is 0 Å². The van der Waals surface area contributed by atoms with Gasteiger partial charge in [0.2, 0.25) is 0 Å². The Morgan fingerprint density at radius 3 is 3.05 bits per heavy atom. The molecule has 21 heavy (non-hydrogen) atoms. The SMILES string of the molecule is Cc1nc(-c2c(N)nsc2NCCCc2ncc[nH]2)cs1. The molecule has 3 aromatic rings. The number of nitrogen functional groups attached to an aromatic ring is 1. The standard InChI is InChI=1S/C13H16N6S2/c1-8-18-9(7-20-8)11-12(14)19-21-13(11)17-4-2-3-10-15-5-6-16-10/h5-7,17H,2-4H2,1H3,(H2,14,19)(H,15,16). The van der Waals surface area contributed by atoms with E-state index in [0.717, 1.165) is 46.5 Å². The number of aryl methyl sites for hydroxylation is 2. The number of nitrogens with two attached hydrogens (primary N) is 1. The van der Waals surface area contributed by atoms with Gasteiger partial charge >= 0.3 is 0 Å². The van der Waals surface area contributed by atoms with Gasteiger partial charge in [0.1, 0.15) is 16.6 Å². The molecule has 0 aromatic carbocycles. The third kappa shape index (κ3) is 3.22. The van der Waals surface area contributed by atoms with Crippen molar-refractivity contribution in [3.8, 4) is 11.3 Å². The fourth-order valence-corrected chi connectivity index (χ4v) is 3.39. The smallest absolute Gasteiger partial charge is 0.148 e. The van der Waals surface area contributed by atoms with Gasteiger partial charge in [0.15, 0.2) is 0 Å². The van der Waals surface area contributed by atoms with E-state index in [1.807, 2.05) is 18.5 Å². The van der Waals surface area contributed by atoms with E-state index >= 15 is 0 Å². The summed E-state index contributed by atoms with van der Waals surface area (Å²) in [4.78, 5) is 11.8. The molecule has 8 heteroatoms. The zero-order valence-electron chi connectivity index (χ0n) is 11.6. The molecule has 0 aliphatic rings. The first kappa shape index (κ1) is 14.0. The lowest BCUT2D eigenvalue weighted by atomic mass is 10.2. The van der Waals surface area contributed by atoms with Crippen molar-refractivity contribution in [2.45, 2.75) is 19.8 Å². The number of H-pyrrole nitrogens is 1. The molecular formula is C13H16N6S2. The minimum Gasteiger partial charge on any atom is -0.382 e. The summed E-state index contributed by atoms with van der Waals surface area (Å²) in [5.74, 6) is 1.55. The second-order valence-corrected chi connectivity index (χ2v) is 6.43. The molecule has 0 saturated heterocycles. The Morgan fingerprint density at radius 2 is 2.33 bits per heavy atom. The van der Waals surface area contributed by atoms with Gasteiger partial charge in [-0.2, -0.15) is 4.37 Å². The van der Waals surface area contributed by atoms with Gasteiger partial charge in [0, 0.05) is 30.7 Å². The van der Waals surface area contributed by atoms with Crippen molar-refractivity contribution in [3.05, 3.63) is 28.6 Å². The molecule has 3 aromatic heterocycles. The van der Waals surface area contributed by atoms with Crippen LogP contribution < -0.4 is 11.1 Å². The lowest BCUT2D eigenvalue weighted by molar-refractivity contribution is 0.818. The molecule has 0 radical (unpaired) electrons. The molecule has 3 heterocycles. The maximum atomic E-state index is 5.97. The monoisotopic (exact) mass is 320 g/mol. The molecule has 0 aliphatic carbocycles. The average Bonchev–Trinajstić information content (AvgIpc) is 3.17. The zero-order valence-corrected chi connectivity index (χ0v) is 13.2. The fraction of sp³-hybridized carbons (Fsp3) is 0.308. The molecule has 0 spiro atoms. The van der Waals surface area contributed by atoms with Crippen LogP contribution in [0.1, 0.15) is 17.3 Å². The lowest BCUT2D eigenvalue weighted by Gasteiger charge is -2.05. The number of imidazole rings is 1. The number of hydrogen-bond acceptors (Lipinski definition) is 7. The van der Waals surface area contributed by atoms with Crippen molar-refractivity contribution in [2.75, 3.05) is 17.6 Å². The number of hydrogen-bond donors (Lipinski definition) is 3. The summed E-state index contributed by atoms with van der Waals surface area (Å²) in [7, 11) is 0. The van der Waals surface area contributed by atoms with E-state index in [1.165, 1.54) is 11.5 Å². The first-order valence-corrected chi connectivity index (χ1v) is 8.29. The Balaban J connectivity index is 1.63. The van der Waals surface area contributed by atoms with Crippen molar-refractivity contribution in [2.24, 2.45) is 0 Å². The third-order valence-corrected chi connectivity index (χ3v) is 4.62. The molecule has 0 fully saturated rings. The lowest BCUT2D eigenvalue weighted by Crippen LogP contribution is -2.03. The van der Waals surface area contributed by atoms with Crippen LogP contribution in [0.2, 0.25) is 0 Å². The summed E-state index contributed by atoms with van der Waals surface area (Å²) in [6.45, 7) is 2.83. The predicted molar refractivity (Wildman–Crippen MR) is 87.8 cm³/mol. The zero-order chi connectivity index (χ0) is 14.7. The summed E-state index contributed by atoms with van der Waals surface area (Å²) in [5, 5.41) is 7.43. The van der Waals surface area contributed by atoms with Crippen molar-refractivity contribution in [3.63, 3.8) is 0 Å². The van der Waals surface area contributed by atoms with Crippen LogP contribution in [0.3, 0.4) is 0 Å². The van der Waals surface area contributed by atoms with E-state index in [1.54, 1.807) is 17.5 Å². The van der Waals surface area contributed by atoms with Gasteiger partial charge in [-0.15, -0.1) is 11.3 Å². The second-order valence-electron chi connectivity index (χ2n) is 4.59. The normalized spacial score (nSPS) is 10.9. The van der Waals surface area contributed by atoms with Crippen LogP contribution in [0.4, 0.5) is 10.8 Å². The molecule has 110 valence electrons. The number of thiazole rings is 1. The fourth-order valence-electron chi connectivity index (χ4n) is 2.04. The minimum absolute atomic E-state index is 0.541. The van der Waals surface area contributed by atoms with Gasteiger partial charge in [0.05, 0.1) is 16.3 Å². The van der Waals surface area contributed by atoms with Crippen molar-refractivity contribution in [1.82, 2.24) is 19.3 Å². The number of aromatic amines is 1. The van der Waals surface area contributed by atoms with Crippen LogP contribution in [0, 0.1) is 6.92 Å². The highest BCUT2D eigenvalue weighted by Crippen LogP contribution is 2.36. The van der Waals surface area contributed by atoms with E-state index < -0.39 is 0 Å². The maximum absolute atomic E-state index is 5.97. The van der Waals surface area contributed by atoms with E-state index in [9.17, 15) is 0 Å². The molecule has 0 bridgehead atoms. The summed E-state index contributed by atoms with van der Waals surface area (Å²) >= 11 is 3.00. The molecule has 0 saturated carbocycles. The van der Waals surface area contributed by atoms with Gasteiger partial charge in [-0.25, -0.2) is 9.97 Å². The van der Waals surface area contributed by atoms with Crippen LogP contribution >= 0.6 is 22.9 Å². The second kappa shape index (κ2) is 6.23. The molecule has 6 nitrogen and oxygen atoms in total. The number of nitrogens with one attached hydrogen (secondary N) is 2. The number of aromatic nitrogens is 4. The molecule has 4 N–H and O–H groups in total. The highest BCUT2D eigenvalue weighted by molar-refractivity contribution is 7.11. The highest BCUT2D eigenvalue weighted by Gasteiger charge is 2.15. The first-order chi connectivity index (χ1) is 10.2. The topological polar surface area (TPSA) is 92.5 Å². The van der Waals surface area contributed by atoms with Crippen molar-refractivity contribution < 1.29 is 0 Å². The quantitative estimate of drug-likeness (QED) is 0.607. The third-order valence-electron chi connectivity index (χ3n) is 3.02. The Bertz CT molecular complexity index is 700. The molecule has 0 unspecified atom stereocenters. The number of anilines is 2. The molecule has 0 atom stereocenters. The predicted octanol–water partition coefficient (Wildman–Crippen LogP) is 2.93. The first-order valence-electron chi connectivity index (χ1n) is 6.64. The summed E-state index contributed by atoms with van der Waals surface area (Å²) in [6, 6.07) is 0. The Labute approximate surface area is 130 Å². The van der Waals surface area contributed by atoms with Crippen LogP contribution in [-0.2, 0) is 6.42 Å². The van der Waals surface area contributed by atoms with Gasteiger partial charge < -0.3 is 16.0 Å².